The highest BCUT2D eigenvalue weighted by atomic mass is 32.1. The van der Waals surface area contributed by atoms with E-state index < -0.39 is 0 Å². The molecule has 0 bridgehead atoms. The highest BCUT2D eigenvalue weighted by molar-refractivity contribution is 7.13. The van der Waals surface area contributed by atoms with Crippen molar-refractivity contribution in [1.29, 1.82) is 0 Å². The lowest BCUT2D eigenvalue weighted by molar-refractivity contribution is 0.0625. The van der Waals surface area contributed by atoms with Crippen LogP contribution in [0.4, 0.5) is 4.39 Å². The number of piperazine rings is 1. The molecule has 0 aliphatic carbocycles. The number of aromatic nitrogens is 1. The highest BCUT2D eigenvalue weighted by Gasteiger charge is 2.24. The first kappa shape index (κ1) is 17.3. The first-order chi connectivity index (χ1) is 12.7. The van der Waals surface area contributed by atoms with Crippen LogP contribution >= 0.6 is 22.7 Å². The van der Waals surface area contributed by atoms with Crippen LogP contribution in [0.15, 0.2) is 47.2 Å². The van der Waals surface area contributed by atoms with E-state index in [9.17, 15) is 9.18 Å². The topological polar surface area (TPSA) is 36.4 Å². The van der Waals surface area contributed by atoms with E-state index in [1.165, 1.54) is 22.3 Å². The van der Waals surface area contributed by atoms with Crippen molar-refractivity contribution in [3.05, 3.63) is 63.5 Å². The average molecular weight is 388 g/mol. The van der Waals surface area contributed by atoms with Crippen molar-refractivity contribution in [2.75, 3.05) is 26.2 Å². The van der Waals surface area contributed by atoms with E-state index in [1.807, 2.05) is 4.90 Å². The molecule has 1 aliphatic rings. The normalized spacial score (nSPS) is 15.3. The van der Waals surface area contributed by atoms with Crippen molar-refractivity contribution in [1.82, 2.24) is 14.8 Å². The Hall–Kier alpha value is -2.09. The van der Waals surface area contributed by atoms with Gasteiger partial charge in [-0.3, -0.25) is 9.69 Å². The number of hydrogen-bond acceptors (Lipinski definition) is 5. The molecule has 1 saturated heterocycles. The maximum absolute atomic E-state index is 13.9. The largest absolute Gasteiger partial charge is 0.335 e. The van der Waals surface area contributed by atoms with Crippen LogP contribution in [0.2, 0.25) is 0 Å². The Bertz CT molecular complexity index is 886. The first-order valence-electron chi connectivity index (χ1n) is 8.45. The average Bonchev–Trinajstić information content (AvgIpc) is 3.34. The van der Waals surface area contributed by atoms with E-state index in [-0.39, 0.29) is 11.7 Å². The van der Waals surface area contributed by atoms with Crippen LogP contribution in [0.5, 0.6) is 0 Å². The monoisotopic (exact) mass is 387 g/mol. The quantitative estimate of drug-likeness (QED) is 0.680. The van der Waals surface area contributed by atoms with Gasteiger partial charge in [0, 0.05) is 48.5 Å². The molecule has 4 rings (SSSR count). The van der Waals surface area contributed by atoms with Gasteiger partial charge >= 0.3 is 0 Å². The van der Waals surface area contributed by atoms with Gasteiger partial charge in [0.15, 0.2) is 0 Å². The van der Waals surface area contributed by atoms with Crippen molar-refractivity contribution < 1.29 is 9.18 Å². The van der Waals surface area contributed by atoms with Crippen molar-refractivity contribution in [3.63, 3.8) is 0 Å². The van der Waals surface area contributed by atoms with Gasteiger partial charge in [-0.05, 0) is 23.6 Å². The SMILES string of the molecule is O=C(c1csc(-c2ccccc2F)n1)N1CCN(Cc2cccs2)CC1. The second-order valence-corrected chi connectivity index (χ2v) is 8.06. The van der Waals surface area contributed by atoms with Gasteiger partial charge in [-0.25, -0.2) is 9.37 Å². The minimum Gasteiger partial charge on any atom is -0.335 e. The Morgan fingerprint density at radius 2 is 1.88 bits per heavy atom. The minimum absolute atomic E-state index is 0.0698. The van der Waals surface area contributed by atoms with Gasteiger partial charge in [0.1, 0.15) is 16.5 Å². The fourth-order valence-electron chi connectivity index (χ4n) is 3.02. The van der Waals surface area contributed by atoms with Crippen LogP contribution in [-0.2, 0) is 6.54 Å². The summed E-state index contributed by atoms with van der Waals surface area (Å²) in [5.74, 6) is -0.386. The molecule has 1 aliphatic heterocycles. The van der Waals surface area contributed by atoms with Crippen LogP contribution in [0.1, 0.15) is 15.4 Å². The van der Waals surface area contributed by atoms with Crippen LogP contribution < -0.4 is 0 Å². The summed E-state index contributed by atoms with van der Waals surface area (Å²) in [6.07, 6.45) is 0. The molecule has 3 aromatic rings. The standard InChI is InChI=1S/C19H18FN3OS2/c20-16-6-2-1-5-15(16)18-21-17(13-26-18)19(24)23-9-7-22(8-10-23)12-14-4-3-11-25-14/h1-6,11,13H,7-10,12H2. The zero-order chi connectivity index (χ0) is 17.9. The number of hydrogen-bond donors (Lipinski definition) is 0. The lowest BCUT2D eigenvalue weighted by Crippen LogP contribution is -2.48. The fourth-order valence-corrected chi connectivity index (χ4v) is 4.59. The van der Waals surface area contributed by atoms with Gasteiger partial charge in [-0.15, -0.1) is 22.7 Å². The molecule has 134 valence electrons. The molecule has 1 fully saturated rings. The molecular weight excluding hydrogens is 369 g/mol. The minimum atomic E-state index is -0.317. The van der Waals surface area contributed by atoms with Gasteiger partial charge in [0.25, 0.3) is 5.91 Å². The predicted molar refractivity (Wildman–Crippen MR) is 103 cm³/mol. The van der Waals surface area contributed by atoms with Crippen LogP contribution in [0, 0.1) is 5.82 Å². The fraction of sp³-hybridized carbons (Fsp3) is 0.263. The maximum atomic E-state index is 13.9. The molecule has 1 amide bonds. The zero-order valence-corrected chi connectivity index (χ0v) is 15.7. The van der Waals surface area contributed by atoms with Crippen molar-refractivity contribution in [3.8, 4) is 10.6 Å². The molecule has 2 aromatic heterocycles. The molecule has 0 saturated carbocycles. The lowest BCUT2D eigenvalue weighted by atomic mass is 10.2. The molecule has 0 spiro atoms. The number of rotatable bonds is 4. The number of amides is 1. The third kappa shape index (κ3) is 3.70. The van der Waals surface area contributed by atoms with E-state index >= 15 is 0 Å². The predicted octanol–water partition coefficient (Wildman–Crippen LogP) is 3.97. The van der Waals surface area contributed by atoms with Crippen molar-refractivity contribution in [2.24, 2.45) is 0 Å². The van der Waals surface area contributed by atoms with E-state index in [4.69, 9.17) is 0 Å². The third-order valence-corrected chi connectivity index (χ3v) is 6.18. The molecular formula is C19H18FN3OS2. The number of carbonyl (C=O) groups is 1. The Morgan fingerprint density at radius 3 is 2.62 bits per heavy atom. The first-order valence-corrected chi connectivity index (χ1v) is 10.2. The van der Waals surface area contributed by atoms with E-state index in [0.717, 1.165) is 19.6 Å². The van der Waals surface area contributed by atoms with E-state index in [2.05, 4.69) is 27.4 Å². The Morgan fingerprint density at radius 1 is 1.08 bits per heavy atom. The number of benzene rings is 1. The summed E-state index contributed by atoms with van der Waals surface area (Å²) < 4.78 is 13.9. The zero-order valence-electron chi connectivity index (χ0n) is 14.1. The molecule has 26 heavy (non-hydrogen) atoms. The smallest absolute Gasteiger partial charge is 0.273 e. The van der Waals surface area contributed by atoms with Gasteiger partial charge in [0.05, 0.1) is 0 Å². The summed E-state index contributed by atoms with van der Waals surface area (Å²) in [5.41, 5.74) is 0.845. The number of thiazole rings is 1. The summed E-state index contributed by atoms with van der Waals surface area (Å²) in [6.45, 7) is 4.03. The third-order valence-electron chi connectivity index (χ3n) is 4.45. The van der Waals surface area contributed by atoms with Crippen LogP contribution in [-0.4, -0.2) is 46.9 Å². The molecule has 0 N–H and O–H groups in total. The summed E-state index contributed by atoms with van der Waals surface area (Å²) in [6, 6.07) is 10.7. The Kier molecular flexibility index (Phi) is 5.10. The summed E-state index contributed by atoms with van der Waals surface area (Å²) in [7, 11) is 0. The molecule has 3 heterocycles. The highest BCUT2D eigenvalue weighted by Crippen LogP contribution is 2.26. The van der Waals surface area contributed by atoms with E-state index in [0.29, 0.717) is 29.4 Å². The van der Waals surface area contributed by atoms with Crippen molar-refractivity contribution in [2.45, 2.75) is 6.54 Å². The molecule has 7 heteroatoms. The van der Waals surface area contributed by atoms with Gasteiger partial charge in [-0.1, -0.05) is 18.2 Å². The molecule has 0 radical (unpaired) electrons. The number of nitrogens with zero attached hydrogens (tertiary/aromatic N) is 3. The lowest BCUT2D eigenvalue weighted by Gasteiger charge is -2.34. The summed E-state index contributed by atoms with van der Waals surface area (Å²) in [4.78, 5) is 22.6. The second-order valence-electron chi connectivity index (χ2n) is 6.17. The van der Waals surface area contributed by atoms with Crippen molar-refractivity contribution >= 4 is 28.6 Å². The maximum Gasteiger partial charge on any atom is 0.273 e. The summed E-state index contributed by atoms with van der Waals surface area (Å²) >= 11 is 3.07. The van der Waals surface area contributed by atoms with Gasteiger partial charge in [-0.2, -0.15) is 0 Å². The number of halogens is 1. The molecule has 0 unspecified atom stereocenters. The molecule has 0 atom stereocenters. The summed E-state index contributed by atoms with van der Waals surface area (Å²) in [5, 5.41) is 4.36. The Labute approximate surface area is 159 Å². The second kappa shape index (κ2) is 7.65. The molecule has 1 aromatic carbocycles. The Balaban J connectivity index is 1.39. The molecule has 4 nitrogen and oxygen atoms in total. The number of carbonyl (C=O) groups excluding carboxylic acids is 1. The van der Waals surface area contributed by atoms with Gasteiger partial charge in [0.2, 0.25) is 0 Å². The van der Waals surface area contributed by atoms with Crippen LogP contribution in [0.3, 0.4) is 0 Å². The van der Waals surface area contributed by atoms with Gasteiger partial charge < -0.3 is 4.90 Å². The number of thiophene rings is 1. The van der Waals surface area contributed by atoms with E-state index in [1.54, 1.807) is 34.9 Å². The van der Waals surface area contributed by atoms with Crippen LogP contribution in [0.25, 0.3) is 10.6 Å².